The van der Waals surface area contributed by atoms with Crippen LogP contribution in [0, 0.1) is 34.6 Å². The van der Waals surface area contributed by atoms with Crippen molar-refractivity contribution in [1.82, 2.24) is 0 Å². The number of aryl methyl sites for hydroxylation is 4. The van der Waals surface area contributed by atoms with Crippen molar-refractivity contribution < 1.29 is 5.11 Å². The Bertz CT molecular complexity index is 627. The van der Waals surface area contributed by atoms with Crippen LogP contribution in [0.2, 0.25) is 0 Å². The SMILES string of the molecule is Cc1cc(SC(C)(C)[Se]c2cc(C)c(O)c(C)c2)cc(C)c1C. The van der Waals surface area contributed by atoms with E-state index >= 15 is 0 Å². The van der Waals surface area contributed by atoms with Gasteiger partial charge in [-0.2, -0.15) is 0 Å². The topological polar surface area (TPSA) is 20.2 Å². The van der Waals surface area contributed by atoms with Crippen molar-refractivity contribution in [3.63, 3.8) is 0 Å². The number of rotatable bonds is 4. The van der Waals surface area contributed by atoms with E-state index in [-0.39, 0.29) is 3.65 Å². The van der Waals surface area contributed by atoms with Crippen molar-refractivity contribution >= 4 is 31.2 Å². The van der Waals surface area contributed by atoms with Crippen molar-refractivity contribution in [2.24, 2.45) is 0 Å². The van der Waals surface area contributed by atoms with Gasteiger partial charge in [0.1, 0.15) is 0 Å². The summed E-state index contributed by atoms with van der Waals surface area (Å²) in [5, 5.41) is 9.95. The van der Waals surface area contributed by atoms with Crippen LogP contribution in [-0.2, 0) is 0 Å². The zero-order valence-electron chi connectivity index (χ0n) is 15.1. The Kier molecular flexibility index (Phi) is 5.55. The zero-order valence-corrected chi connectivity index (χ0v) is 17.6. The molecule has 0 amide bonds. The molecular weight excluding hydrogens is 367 g/mol. The van der Waals surface area contributed by atoms with E-state index in [1.54, 1.807) is 0 Å². The van der Waals surface area contributed by atoms with Crippen LogP contribution >= 0.6 is 11.8 Å². The molecule has 0 saturated carbocycles. The summed E-state index contributed by atoms with van der Waals surface area (Å²) in [6, 6.07) is 8.88. The van der Waals surface area contributed by atoms with Gasteiger partial charge < -0.3 is 0 Å². The van der Waals surface area contributed by atoms with Crippen LogP contribution in [0.5, 0.6) is 5.75 Å². The molecule has 2 aromatic carbocycles. The molecule has 23 heavy (non-hydrogen) atoms. The van der Waals surface area contributed by atoms with E-state index in [1.165, 1.54) is 26.0 Å². The predicted octanol–water partition coefficient (Wildman–Crippen LogP) is 4.79. The van der Waals surface area contributed by atoms with Crippen LogP contribution in [-0.4, -0.2) is 23.7 Å². The van der Waals surface area contributed by atoms with Gasteiger partial charge in [-0.3, -0.25) is 0 Å². The van der Waals surface area contributed by atoms with E-state index in [4.69, 9.17) is 0 Å². The van der Waals surface area contributed by atoms with Gasteiger partial charge in [-0.25, -0.2) is 0 Å². The second kappa shape index (κ2) is 6.93. The van der Waals surface area contributed by atoms with Crippen molar-refractivity contribution in [3.8, 4) is 5.75 Å². The first kappa shape index (κ1) is 18.4. The molecule has 0 spiro atoms. The van der Waals surface area contributed by atoms with Crippen LogP contribution in [0.15, 0.2) is 29.2 Å². The van der Waals surface area contributed by atoms with Crippen LogP contribution in [0.4, 0.5) is 0 Å². The molecule has 2 aromatic rings. The van der Waals surface area contributed by atoms with Gasteiger partial charge in [0.2, 0.25) is 0 Å². The Balaban J connectivity index is 2.22. The fourth-order valence-electron chi connectivity index (χ4n) is 2.62. The summed E-state index contributed by atoms with van der Waals surface area (Å²) in [4.78, 5) is 1.35. The first-order chi connectivity index (χ1) is 10.6. The second-order valence-corrected chi connectivity index (χ2v) is 12.5. The molecule has 0 aliphatic rings. The second-order valence-electron chi connectivity index (χ2n) is 6.69. The van der Waals surface area contributed by atoms with Gasteiger partial charge in [-0.05, 0) is 0 Å². The Hall–Kier alpha value is -0.891. The van der Waals surface area contributed by atoms with E-state index in [0.29, 0.717) is 20.7 Å². The van der Waals surface area contributed by atoms with E-state index in [1.807, 2.05) is 25.6 Å². The van der Waals surface area contributed by atoms with Crippen LogP contribution in [0.1, 0.15) is 41.7 Å². The fourth-order valence-corrected chi connectivity index (χ4v) is 7.25. The van der Waals surface area contributed by atoms with E-state index in [9.17, 15) is 5.11 Å². The molecule has 0 aliphatic carbocycles. The normalized spacial score (nSPS) is 11.8. The fraction of sp³-hybridized carbons (Fsp3) is 0.400. The summed E-state index contributed by atoms with van der Waals surface area (Å²) in [7, 11) is 0. The van der Waals surface area contributed by atoms with Gasteiger partial charge in [0, 0.05) is 0 Å². The minimum atomic E-state index is 0.164. The van der Waals surface area contributed by atoms with Crippen molar-refractivity contribution in [2.45, 2.75) is 57.0 Å². The van der Waals surface area contributed by atoms with Gasteiger partial charge >= 0.3 is 151 Å². The molecule has 0 aromatic heterocycles. The molecule has 0 atom stereocenters. The summed E-state index contributed by atoms with van der Waals surface area (Å²) in [5.74, 6) is 0.430. The van der Waals surface area contributed by atoms with Crippen molar-refractivity contribution in [1.29, 1.82) is 0 Å². The number of hydrogen-bond donors (Lipinski definition) is 1. The van der Waals surface area contributed by atoms with Gasteiger partial charge in [0.05, 0.1) is 0 Å². The molecule has 1 nitrogen and oxygen atoms in total. The standard InChI is InChI=1S/C20H26OSSe/c1-12-8-17(9-13(2)16(12)5)22-20(6,7)23-18-10-14(3)19(21)15(4)11-18/h8-11,21H,1-7H3. The van der Waals surface area contributed by atoms with Crippen LogP contribution in [0.3, 0.4) is 0 Å². The average Bonchev–Trinajstić information content (AvgIpc) is 2.41. The average molecular weight is 393 g/mol. The van der Waals surface area contributed by atoms with Crippen LogP contribution in [0.25, 0.3) is 0 Å². The molecule has 0 unspecified atom stereocenters. The van der Waals surface area contributed by atoms with Gasteiger partial charge in [0.25, 0.3) is 0 Å². The molecule has 0 fully saturated rings. The Morgan fingerprint density at radius 1 is 0.826 bits per heavy atom. The Labute approximate surface area is 151 Å². The van der Waals surface area contributed by atoms with Gasteiger partial charge in [0.15, 0.2) is 0 Å². The molecule has 1 N–H and O–H groups in total. The maximum absolute atomic E-state index is 9.95. The molecule has 0 aliphatic heterocycles. The third kappa shape index (κ3) is 4.56. The maximum atomic E-state index is 9.95. The monoisotopic (exact) mass is 394 g/mol. The summed E-state index contributed by atoms with van der Waals surface area (Å²) in [5.41, 5.74) is 6.08. The first-order valence-electron chi connectivity index (χ1n) is 7.85. The summed E-state index contributed by atoms with van der Waals surface area (Å²) < 4.78 is 1.51. The molecule has 3 heteroatoms. The third-order valence-corrected chi connectivity index (χ3v) is 8.03. The summed E-state index contributed by atoms with van der Waals surface area (Å²) in [6.45, 7) is 15.2. The predicted molar refractivity (Wildman–Crippen MR) is 104 cm³/mol. The quantitative estimate of drug-likeness (QED) is 0.595. The molecule has 2 rings (SSSR count). The number of benzene rings is 2. The van der Waals surface area contributed by atoms with Gasteiger partial charge in [-0.1, -0.05) is 0 Å². The van der Waals surface area contributed by atoms with E-state index in [0.717, 1.165) is 11.1 Å². The molecule has 124 valence electrons. The minimum absolute atomic E-state index is 0.164. The Morgan fingerprint density at radius 2 is 1.30 bits per heavy atom. The molecule has 0 bridgehead atoms. The first-order valence-corrected chi connectivity index (χ1v) is 10.4. The molecule has 0 heterocycles. The third-order valence-electron chi connectivity index (χ3n) is 4.09. The molecular formula is C20H26OSSe. The molecule has 0 radical (unpaired) electrons. The zero-order chi connectivity index (χ0) is 17.4. The number of hydrogen-bond acceptors (Lipinski definition) is 2. The van der Waals surface area contributed by atoms with E-state index in [2.05, 4.69) is 58.9 Å². The number of phenols is 1. The van der Waals surface area contributed by atoms with Gasteiger partial charge in [-0.15, -0.1) is 0 Å². The number of phenolic OH excluding ortho intramolecular Hbond substituents is 1. The Morgan fingerprint density at radius 3 is 1.78 bits per heavy atom. The van der Waals surface area contributed by atoms with E-state index < -0.39 is 0 Å². The summed E-state index contributed by atoms with van der Waals surface area (Å²) >= 11 is 2.29. The number of thioether (sulfide) groups is 1. The van der Waals surface area contributed by atoms with Crippen molar-refractivity contribution in [2.75, 3.05) is 0 Å². The van der Waals surface area contributed by atoms with Crippen molar-refractivity contribution in [3.05, 3.63) is 52.1 Å². The van der Waals surface area contributed by atoms with Crippen LogP contribution < -0.4 is 4.46 Å². The molecule has 0 saturated heterocycles. The number of aromatic hydroxyl groups is 1. The summed E-state index contributed by atoms with van der Waals surface area (Å²) in [6.07, 6.45) is 0.